The van der Waals surface area contributed by atoms with Gasteiger partial charge in [0.15, 0.2) is 0 Å². The molecule has 28 heavy (non-hydrogen) atoms. The van der Waals surface area contributed by atoms with Crippen LogP contribution in [0.1, 0.15) is 23.7 Å². The van der Waals surface area contributed by atoms with Crippen LogP contribution < -0.4 is 15.0 Å². The number of rotatable bonds is 6. The van der Waals surface area contributed by atoms with Crippen molar-refractivity contribution < 1.29 is 14.3 Å². The van der Waals surface area contributed by atoms with Crippen molar-refractivity contribution in [2.75, 3.05) is 38.2 Å². The number of ether oxygens (including phenoxy) is 1. The molecule has 1 aliphatic heterocycles. The number of carbonyl (C=O) groups excluding carboxylic acids is 2. The van der Waals surface area contributed by atoms with E-state index < -0.39 is 0 Å². The van der Waals surface area contributed by atoms with E-state index in [-0.39, 0.29) is 17.9 Å². The Kier molecular flexibility index (Phi) is 6.53. The van der Waals surface area contributed by atoms with Crippen LogP contribution in [0.3, 0.4) is 0 Å². The Bertz CT molecular complexity index is 802. The molecule has 1 unspecified atom stereocenters. The molecule has 1 saturated heterocycles. The van der Waals surface area contributed by atoms with E-state index in [1.54, 1.807) is 19.2 Å². The van der Waals surface area contributed by atoms with E-state index >= 15 is 0 Å². The van der Waals surface area contributed by atoms with Crippen molar-refractivity contribution >= 4 is 17.5 Å². The fourth-order valence-corrected chi connectivity index (χ4v) is 3.36. The minimum atomic E-state index is -0.211. The molecule has 1 heterocycles. The largest absolute Gasteiger partial charge is 0.497 e. The lowest BCUT2D eigenvalue weighted by Crippen LogP contribution is -2.50. The van der Waals surface area contributed by atoms with Gasteiger partial charge in [-0.3, -0.25) is 9.59 Å². The van der Waals surface area contributed by atoms with E-state index in [4.69, 9.17) is 4.74 Å². The first-order valence-electron chi connectivity index (χ1n) is 9.59. The lowest BCUT2D eigenvalue weighted by molar-refractivity contribution is -0.131. The molecule has 1 fully saturated rings. The summed E-state index contributed by atoms with van der Waals surface area (Å²) < 4.78 is 5.29. The van der Waals surface area contributed by atoms with Crippen molar-refractivity contribution in [2.45, 2.75) is 19.4 Å². The second kappa shape index (κ2) is 9.26. The van der Waals surface area contributed by atoms with Gasteiger partial charge in [-0.1, -0.05) is 24.3 Å². The number of nitrogens with one attached hydrogen (secondary N) is 1. The molecule has 2 amide bonds. The summed E-state index contributed by atoms with van der Waals surface area (Å²) in [5.74, 6) is 0.758. The number of hydrogen-bond acceptors (Lipinski definition) is 4. The van der Waals surface area contributed by atoms with Crippen LogP contribution in [0.4, 0.5) is 5.69 Å². The Morgan fingerprint density at radius 3 is 2.43 bits per heavy atom. The van der Waals surface area contributed by atoms with Gasteiger partial charge in [-0.15, -0.1) is 0 Å². The summed E-state index contributed by atoms with van der Waals surface area (Å²) in [6, 6.07) is 16.8. The Balaban J connectivity index is 1.47. The Hall–Kier alpha value is -3.02. The minimum absolute atomic E-state index is 0.0751. The topological polar surface area (TPSA) is 61.9 Å². The SMILES string of the molecule is COc1cccc(N2CCN(C(=O)CC(C)NC(=O)c3ccccc3)CC2)c1. The molecule has 6 heteroatoms. The molecule has 0 radical (unpaired) electrons. The predicted molar refractivity (Wildman–Crippen MR) is 110 cm³/mol. The highest BCUT2D eigenvalue weighted by atomic mass is 16.5. The van der Waals surface area contributed by atoms with Crippen LogP contribution in [-0.4, -0.2) is 56.0 Å². The Labute approximate surface area is 166 Å². The van der Waals surface area contributed by atoms with Crippen molar-refractivity contribution in [3.63, 3.8) is 0 Å². The van der Waals surface area contributed by atoms with Crippen molar-refractivity contribution in [1.29, 1.82) is 0 Å². The maximum Gasteiger partial charge on any atom is 0.251 e. The third-order valence-corrected chi connectivity index (χ3v) is 4.95. The molecule has 0 saturated carbocycles. The van der Waals surface area contributed by atoms with Gasteiger partial charge in [0.1, 0.15) is 5.75 Å². The monoisotopic (exact) mass is 381 g/mol. The van der Waals surface area contributed by atoms with Gasteiger partial charge in [-0.05, 0) is 31.2 Å². The number of amides is 2. The van der Waals surface area contributed by atoms with E-state index in [1.807, 2.05) is 48.2 Å². The third-order valence-electron chi connectivity index (χ3n) is 4.95. The molecule has 0 bridgehead atoms. The zero-order chi connectivity index (χ0) is 19.9. The van der Waals surface area contributed by atoms with Crippen molar-refractivity contribution in [3.05, 3.63) is 60.2 Å². The molecule has 0 aliphatic carbocycles. The van der Waals surface area contributed by atoms with Gasteiger partial charge < -0.3 is 19.9 Å². The zero-order valence-electron chi connectivity index (χ0n) is 16.4. The van der Waals surface area contributed by atoms with E-state index in [9.17, 15) is 9.59 Å². The molecule has 1 aliphatic rings. The maximum absolute atomic E-state index is 12.6. The van der Waals surface area contributed by atoms with Gasteiger partial charge >= 0.3 is 0 Å². The number of methoxy groups -OCH3 is 1. The molecule has 0 aromatic heterocycles. The van der Waals surface area contributed by atoms with E-state index in [1.165, 1.54) is 0 Å². The number of anilines is 1. The van der Waals surface area contributed by atoms with Crippen molar-refractivity contribution in [2.24, 2.45) is 0 Å². The van der Waals surface area contributed by atoms with Crippen LogP contribution in [0.2, 0.25) is 0 Å². The highest BCUT2D eigenvalue weighted by Gasteiger charge is 2.23. The van der Waals surface area contributed by atoms with Gasteiger partial charge in [0, 0.05) is 56.0 Å². The first kappa shape index (κ1) is 19.7. The summed E-state index contributed by atoms with van der Waals surface area (Å²) >= 11 is 0. The number of nitrogens with zero attached hydrogens (tertiary/aromatic N) is 2. The van der Waals surface area contributed by atoms with E-state index in [0.29, 0.717) is 25.1 Å². The summed E-state index contributed by atoms with van der Waals surface area (Å²) in [6.45, 7) is 4.78. The molecule has 0 spiro atoms. The summed E-state index contributed by atoms with van der Waals surface area (Å²) in [5, 5.41) is 2.90. The van der Waals surface area contributed by atoms with Gasteiger partial charge in [0.05, 0.1) is 7.11 Å². The van der Waals surface area contributed by atoms with E-state index in [2.05, 4.69) is 16.3 Å². The average molecular weight is 381 g/mol. The highest BCUT2D eigenvalue weighted by molar-refractivity contribution is 5.94. The van der Waals surface area contributed by atoms with Crippen LogP contribution in [0.5, 0.6) is 5.75 Å². The Morgan fingerprint density at radius 2 is 1.75 bits per heavy atom. The summed E-state index contributed by atoms with van der Waals surface area (Å²) in [5.41, 5.74) is 1.71. The highest BCUT2D eigenvalue weighted by Crippen LogP contribution is 2.22. The molecule has 1 atom stereocenters. The van der Waals surface area contributed by atoms with Gasteiger partial charge in [-0.25, -0.2) is 0 Å². The lowest BCUT2D eigenvalue weighted by Gasteiger charge is -2.36. The smallest absolute Gasteiger partial charge is 0.251 e. The second-order valence-electron chi connectivity index (χ2n) is 7.01. The predicted octanol–water partition coefficient (Wildman–Crippen LogP) is 2.55. The number of benzene rings is 2. The first-order valence-corrected chi connectivity index (χ1v) is 9.59. The van der Waals surface area contributed by atoms with Gasteiger partial charge in [-0.2, -0.15) is 0 Å². The van der Waals surface area contributed by atoms with Crippen LogP contribution in [0.15, 0.2) is 54.6 Å². The molecule has 1 N–H and O–H groups in total. The normalized spacial score (nSPS) is 15.1. The lowest BCUT2D eigenvalue weighted by atomic mass is 10.1. The number of piperazine rings is 1. The number of hydrogen-bond donors (Lipinski definition) is 1. The third kappa shape index (κ3) is 5.03. The van der Waals surface area contributed by atoms with Crippen LogP contribution in [0, 0.1) is 0 Å². The van der Waals surface area contributed by atoms with Crippen LogP contribution in [-0.2, 0) is 4.79 Å². The second-order valence-corrected chi connectivity index (χ2v) is 7.01. The number of carbonyl (C=O) groups is 2. The van der Waals surface area contributed by atoms with Crippen molar-refractivity contribution in [1.82, 2.24) is 10.2 Å². The van der Waals surface area contributed by atoms with Crippen LogP contribution >= 0.6 is 0 Å². The fraction of sp³-hybridized carbons (Fsp3) is 0.364. The zero-order valence-corrected chi connectivity index (χ0v) is 16.4. The quantitative estimate of drug-likeness (QED) is 0.835. The molecule has 3 rings (SSSR count). The molecule has 148 valence electrons. The summed E-state index contributed by atoms with van der Waals surface area (Å²) in [4.78, 5) is 29.0. The fourth-order valence-electron chi connectivity index (χ4n) is 3.36. The molecular formula is C22H27N3O3. The van der Waals surface area contributed by atoms with E-state index in [0.717, 1.165) is 24.5 Å². The molecular weight excluding hydrogens is 354 g/mol. The molecule has 2 aromatic rings. The van der Waals surface area contributed by atoms with Crippen molar-refractivity contribution in [3.8, 4) is 5.75 Å². The van der Waals surface area contributed by atoms with Gasteiger partial charge in [0.2, 0.25) is 5.91 Å². The summed E-state index contributed by atoms with van der Waals surface area (Å²) in [7, 11) is 1.66. The first-order chi connectivity index (χ1) is 13.6. The average Bonchev–Trinajstić information content (AvgIpc) is 2.74. The maximum atomic E-state index is 12.6. The summed E-state index contributed by atoms with van der Waals surface area (Å²) in [6.07, 6.45) is 0.303. The molecule has 6 nitrogen and oxygen atoms in total. The Morgan fingerprint density at radius 1 is 1.04 bits per heavy atom. The minimum Gasteiger partial charge on any atom is -0.497 e. The standard InChI is InChI=1S/C22H27N3O3/c1-17(23-22(27)18-7-4-3-5-8-18)15-21(26)25-13-11-24(12-14-25)19-9-6-10-20(16-19)28-2/h3-10,16-17H,11-15H2,1-2H3,(H,23,27). The molecule has 2 aromatic carbocycles. The van der Waals surface area contributed by atoms with Crippen LogP contribution in [0.25, 0.3) is 0 Å². The van der Waals surface area contributed by atoms with Gasteiger partial charge in [0.25, 0.3) is 5.91 Å².